The van der Waals surface area contributed by atoms with E-state index in [-0.39, 0.29) is 11.9 Å². The fraction of sp³-hybridized carbons (Fsp3) is 0.320. The van der Waals surface area contributed by atoms with Crippen molar-refractivity contribution in [3.8, 4) is 16.3 Å². The minimum absolute atomic E-state index is 0.105. The van der Waals surface area contributed by atoms with Gasteiger partial charge in [0, 0.05) is 29.7 Å². The van der Waals surface area contributed by atoms with E-state index in [9.17, 15) is 4.79 Å². The molecule has 4 aromatic rings. The number of amides is 1. The molecule has 0 bridgehead atoms. The Hall–Kier alpha value is -3.39. The standard InChI is InChI=1S/C25H26N4O3S/c1-15-4-9-22(33-15)21-14-20(23-16(2)28-32-25(23)27-21)24(30)26-17-10-12-29(13-11-17)18-5-7-19(31-3)8-6-18/h4-9,14,17H,10-13H2,1-3H3,(H,26,30). The van der Waals surface area contributed by atoms with Crippen molar-refractivity contribution >= 4 is 34.0 Å². The Balaban J connectivity index is 1.32. The van der Waals surface area contributed by atoms with Gasteiger partial charge in [-0.1, -0.05) is 5.16 Å². The number of carbonyl (C=O) groups excluding carboxylic acids is 1. The van der Waals surface area contributed by atoms with Crippen molar-refractivity contribution in [2.24, 2.45) is 0 Å². The zero-order valence-electron chi connectivity index (χ0n) is 18.9. The van der Waals surface area contributed by atoms with Crippen molar-refractivity contribution in [1.29, 1.82) is 0 Å². The van der Waals surface area contributed by atoms with Gasteiger partial charge in [0.05, 0.1) is 34.3 Å². The Morgan fingerprint density at radius 2 is 1.91 bits per heavy atom. The summed E-state index contributed by atoms with van der Waals surface area (Å²) in [7, 11) is 1.67. The number of ether oxygens (including phenoxy) is 1. The normalized spacial score (nSPS) is 14.6. The number of nitrogens with zero attached hydrogens (tertiary/aromatic N) is 3. The number of nitrogens with one attached hydrogen (secondary N) is 1. The molecule has 1 N–H and O–H groups in total. The van der Waals surface area contributed by atoms with Crippen LogP contribution in [0.2, 0.25) is 0 Å². The van der Waals surface area contributed by atoms with Crippen LogP contribution < -0.4 is 15.0 Å². The molecule has 1 aromatic carbocycles. The first-order valence-electron chi connectivity index (χ1n) is 11.1. The van der Waals surface area contributed by atoms with Crippen LogP contribution in [0.3, 0.4) is 0 Å². The lowest BCUT2D eigenvalue weighted by Crippen LogP contribution is -2.44. The lowest BCUT2D eigenvalue weighted by molar-refractivity contribution is 0.0932. The van der Waals surface area contributed by atoms with Crippen LogP contribution in [0.15, 0.2) is 47.0 Å². The first-order chi connectivity index (χ1) is 16.0. The number of fused-ring (bicyclic) bond motifs is 1. The van der Waals surface area contributed by atoms with Crippen molar-refractivity contribution in [2.45, 2.75) is 32.7 Å². The number of rotatable bonds is 5. The number of benzene rings is 1. The number of piperidine rings is 1. The van der Waals surface area contributed by atoms with Crippen LogP contribution in [-0.2, 0) is 0 Å². The van der Waals surface area contributed by atoms with Crippen LogP contribution in [0.4, 0.5) is 5.69 Å². The molecule has 7 nitrogen and oxygen atoms in total. The number of pyridine rings is 1. The predicted molar refractivity (Wildman–Crippen MR) is 130 cm³/mol. The van der Waals surface area contributed by atoms with E-state index in [1.807, 2.05) is 37.3 Å². The highest BCUT2D eigenvalue weighted by molar-refractivity contribution is 7.15. The quantitative estimate of drug-likeness (QED) is 0.451. The molecule has 3 aromatic heterocycles. The molecule has 0 aliphatic carbocycles. The number of thiophene rings is 1. The van der Waals surface area contributed by atoms with Crippen molar-refractivity contribution in [1.82, 2.24) is 15.5 Å². The molecule has 0 radical (unpaired) electrons. The Morgan fingerprint density at radius 1 is 1.15 bits per heavy atom. The van der Waals surface area contributed by atoms with Crippen LogP contribution in [0, 0.1) is 13.8 Å². The van der Waals surface area contributed by atoms with E-state index >= 15 is 0 Å². The van der Waals surface area contributed by atoms with E-state index < -0.39 is 0 Å². The zero-order valence-corrected chi connectivity index (χ0v) is 19.7. The Labute approximate surface area is 196 Å². The summed E-state index contributed by atoms with van der Waals surface area (Å²) < 4.78 is 10.7. The molecule has 0 atom stereocenters. The molecule has 0 spiro atoms. The van der Waals surface area contributed by atoms with Gasteiger partial charge in [0.2, 0.25) is 0 Å². The van der Waals surface area contributed by atoms with Gasteiger partial charge in [0.1, 0.15) is 5.75 Å². The molecular weight excluding hydrogens is 436 g/mol. The highest BCUT2D eigenvalue weighted by Crippen LogP contribution is 2.31. The molecule has 1 aliphatic heterocycles. The van der Waals surface area contributed by atoms with Crippen LogP contribution >= 0.6 is 11.3 Å². The summed E-state index contributed by atoms with van der Waals surface area (Å²) in [5, 5.41) is 7.97. The predicted octanol–water partition coefficient (Wildman–Crippen LogP) is 4.98. The number of hydrogen-bond acceptors (Lipinski definition) is 7. The average Bonchev–Trinajstić information content (AvgIpc) is 3.44. The minimum atomic E-state index is -0.105. The monoisotopic (exact) mass is 462 g/mol. The number of hydrogen-bond donors (Lipinski definition) is 1. The molecule has 1 fully saturated rings. The van der Waals surface area contributed by atoms with Crippen LogP contribution in [0.5, 0.6) is 5.75 Å². The van der Waals surface area contributed by atoms with Crippen LogP contribution in [0.25, 0.3) is 21.7 Å². The Bertz CT molecular complexity index is 1290. The fourth-order valence-corrected chi connectivity index (χ4v) is 5.14. The number of carbonyl (C=O) groups is 1. The average molecular weight is 463 g/mol. The maximum atomic E-state index is 13.4. The summed E-state index contributed by atoms with van der Waals surface area (Å²) in [5.41, 5.74) is 3.54. The minimum Gasteiger partial charge on any atom is -0.497 e. The maximum absolute atomic E-state index is 13.4. The van der Waals surface area contributed by atoms with Gasteiger partial charge >= 0.3 is 0 Å². The van der Waals surface area contributed by atoms with Gasteiger partial charge in [-0.2, -0.15) is 0 Å². The first kappa shape index (κ1) is 21.5. The van der Waals surface area contributed by atoms with Gasteiger partial charge in [-0.3, -0.25) is 4.79 Å². The van der Waals surface area contributed by atoms with E-state index in [2.05, 4.69) is 39.4 Å². The molecule has 4 heterocycles. The van der Waals surface area contributed by atoms with Gasteiger partial charge < -0.3 is 19.5 Å². The Kier molecular flexibility index (Phi) is 5.76. The summed E-state index contributed by atoms with van der Waals surface area (Å²) in [4.78, 5) is 22.5. The lowest BCUT2D eigenvalue weighted by Gasteiger charge is -2.34. The zero-order chi connectivity index (χ0) is 22.9. The highest BCUT2D eigenvalue weighted by atomic mass is 32.1. The third kappa shape index (κ3) is 4.30. The maximum Gasteiger partial charge on any atom is 0.259 e. The summed E-state index contributed by atoms with van der Waals surface area (Å²) in [5.74, 6) is 0.747. The molecule has 1 amide bonds. The van der Waals surface area contributed by atoms with E-state index in [4.69, 9.17) is 9.26 Å². The van der Waals surface area contributed by atoms with Crippen molar-refractivity contribution in [3.63, 3.8) is 0 Å². The molecule has 1 aliphatic rings. The SMILES string of the molecule is COc1ccc(N2CCC(NC(=O)c3cc(-c4ccc(C)s4)nc4onc(C)c34)CC2)cc1. The van der Waals surface area contributed by atoms with E-state index in [0.717, 1.165) is 42.3 Å². The molecule has 5 rings (SSSR count). The van der Waals surface area contributed by atoms with Crippen molar-refractivity contribution in [3.05, 3.63) is 58.6 Å². The second-order valence-corrected chi connectivity index (χ2v) is 9.63. The summed E-state index contributed by atoms with van der Waals surface area (Å²) in [6.45, 7) is 5.66. The summed E-state index contributed by atoms with van der Waals surface area (Å²) in [6.07, 6.45) is 1.76. The van der Waals surface area contributed by atoms with Gasteiger partial charge in [-0.15, -0.1) is 11.3 Å². The highest BCUT2D eigenvalue weighted by Gasteiger charge is 2.25. The number of methoxy groups -OCH3 is 1. The Morgan fingerprint density at radius 3 is 2.58 bits per heavy atom. The molecule has 1 saturated heterocycles. The largest absolute Gasteiger partial charge is 0.497 e. The van der Waals surface area contributed by atoms with Gasteiger partial charge in [0.25, 0.3) is 11.6 Å². The van der Waals surface area contributed by atoms with Gasteiger partial charge in [-0.25, -0.2) is 4.98 Å². The smallest absolute Gasteiger partial charge is 0.259 e. The summed E-state index contributed by atoms with van der Waals surface area (Å²) >= 11 is 1.64. The van der Waals surface area contributed by atoms with Crippen molar-refractivity contribution < 1.29 is 14.1 Å². The fourth-order valence-electron chi connectivity index (χ4n) is 4.31. The third-order valence-electron chi connectivity index (χ3n) is 6.12. The second kappa shape index (κ2) is 8.86. The molecular formula is C25H26N4O3S. The number of aromatic nitrogens is 2. The van der Waals surface area contributed by atoms with Gasteiger partial charge in [0.15, 0.2) is 0 Å². The first-order valence-corrected chi connectivity index (χ1v) is 11.9. The van der Waals surface area contributed by atoms with E-state index in [1.54, 1.807) is 18.4 Å². The molecule has 0 saturated carbocycles. The second-order valence-electron chi connectivity index (χ2n) is 8.35. The molecule has 8 heteroatoms. The van der Waals surface area contributed by atoms with E-state index in [1.165, 1.54) is 10.6 Å². The van der Waals surface area contributed by atoms with Gasteiger partial charge in [-0.05, 0) is 69.2 Å². The van der Waals surface area contributed by atoms with E-state index in [0.29, 0.717) is 22.4 Å². The molecule has 33 heavy (non-hydrogen) atoms. The molecule has 0 unspecified atom stereocenters. The molecule has 170 valence electrons. The van der Waals surface area contributed by atoms with Crippen LogP contribution in [-0.4, -0.2) is 42.3 Å². The number of aryl methyl sites for hydroxylation is 2. The summed E-state index contributed by atoms with van der Waals surface area (Å²) in [6, 6.07) is 14.2. The third-order valence-corrected chi connectivity index (χ3v) is 7.15. The topological polar surface area (TPSA) is 80.5 Å². The van der Waals surface area contributed by atoms with Crippen LogP contribution in [0.1, 0.15) is 33.8 Å². The number of anilines is 1. The lowest BCUT2D eigenvalue weighted by atomic mass is 10.0. The van der Waals surface area contributed by atoms with Crippen molar-refractivity contribution in [2.75, 3.05) is 25.1 Å².